The van der Waals surface area contributed by atoms with E-state index in [-0.39, 0.29) is 18.2 Å². The molecule has 29 heavy (non-hydrogen) atoms. The van der Waals surface area contributed by atoms with Gasteiger partial charge in [-0.25, -0.2) is 0 Å². The van der Waals surface area contributed by atoms with Crippen LogP contribution in [-0.4, -0.2) is 44.8 Å². The van der Waals surface area contributed by atoms with Crippen molar-refractivity contribution < 1.29 is 9.59 Å². The summed E-state index contributed by atoms with van der Waals surface area (Å²) in [6, 6.07) is 14.3. The third-order valence-corrected chi connectivity index (χ3v) is 5.92. The number of H-pyrrole nitrogens is 1. The summed E-state index contributed by atoms with van der Waals surface area (Å²) in [6.45, 7) is 0.362. The largest absolute Gasteiger partial charge is 0.361 e. The van der Waals surface area contributed by atoms with Gasteiger partial charge in [0.1, 0.15) is 6.04 Å². The van der Waals surface area contributed by atoms with Crippen LogP contribution in [0, 0.1) is 0 Å². The van der Waals surface area contributed by atoms with E-state index in [1.54, 1.807) is 18.0 Å². The molecule has 8 heteroatoms. The van der Waals surface area contributed by atoms with E-state index in [2.05, 4.69) is 10.3 Å². The molecule has 2 N–H and O–H groups in total. The number of hydrogen-bond acceptors (Lipinski definition) is 3. The molecule has 0 bridgehead atoms. The number of amides is 2. The zero-order valence-electron chi connectivity index (χ0n) is 15.7. The van der Waals surface area contributed by atoms with Gasteiger partial charge in [0.05, 0.1) is 6.42 Å². The summed E-state index contributed by atoms with van der Waals surface area (Å²) in [5.41, 5.74) is 2.45. The van der Waals surface area contributed by atoms with Gasteiger partial charge in [0.25, 0.3) is 5.91 Å². The number of carbonyl (C=O) groups excluding carboxylic acids is 2. The fourth-order valence-corrected chi connectivity index (χ4v) is 3.95. The van der Waals surface area contributed by atoms with E-state index in [1.165, 1.54) is 4.90 Å². The van der Waals surface area contributed by atoms with E-state index in [1.807, 2.05) is 48.7 Å². The standard InChI is InChI=1S/C21H19ClN4O2S/c1-25-20(28)18(26(21(25)29)12-14-4-2-3-5-16(14)22)11-19(27)24-15-7-6-13-8-9-23-17(13)10-15/h2-10,18,23H,11-12H2,1H3,(H,24,27). The fraction of sp³-hybridized carbons (Fsp3) is 0.190. The zero-order chi connectivity index (χ0) is 20.5. The number of rotatable bonds is 5. The number of hydrogen-bond donors (Lipinski definition) is 2. The second-order valence-corrected chi connectivity index (χ2v) is 7.72. The quantitative estimate of drug-likeness (QED) is 0.609. The second kappa shape index (κ2) is 7.85. The minimum Gasteiger partial charge on any atom is -0.361 e. The Bertz CT molecular complexity index is 1110. The van der Waals surface area contributed by atoms with Crippen molar-refractivity contribution in [2.45, 2.75) is 19.0 Å². The van der Waals surface area contributed by atoms with Crippen molar-refractivity contribution in [3.63, 3.8) is 0 Å². The second-order valence-electron chi connectivity index (χ2n) is 6.95. The Morgan fingerprint density at radius 1 is 1.24 bits per heavy atom. The van der Waals surface area contributed by atoms with E-state index in [4.69, 9.17) is 23.8 Å². The van der Waals surface area contributed by atoms with Crippen LogP contribution < -0.4 is 5.32 Å². The van der Waals surface area contributed by atoms with Gasteiger partial charge in [-0.1, -0.05) is 35.9 Å². The minimum atomic E-state index is -0.669. The van der Waals surface area contributed by atoms with Crippen LogP contribution in [-0.2, 0) is 16.1 Å². The molecule has 1 aliphatic heterocycles. The number of carbonyl (C=O) groups is 2. The van der Waals surface area contributed by atoms with Crippen molar-refractivity contribution in [2.24, 2.45) is 0 Å². The van der Waals surface area contributed by atoms with Crippen molar-refractivity contribution in [2.75, 3.05) is 12.4 Å². The van der Waals surface area contributed by atoms with E-state index >= 15 is 0 Å². The van der Waals surface area contributed by atoms with Crippen LogP contribution in [0.5, 0.6) is 0 Å². The van der Waals surface area contributed by atoms with Crippen LogP contribution in [0.1, 0.15) is 12.0 Å². The Labute approximate surface area is 178 Å². The van der Waals surface area contributed by atoms with E-state index in [0.717, 1.165) is 16.5 Å². The molecule has 6 nitrogen and oxygen atoms in total. The molecule has 148 valence electrons. The van der Waals surface area contributed by atoms with Gasteiger partial charge in [-0.15, -0.1) is 0 Å². The molecule has 4 rings (SSSR count). The Hall–Kier alpha value is -2.90. The number of benzene rings is 2. The average molecular weight is 427 g/mol. The molecule has 2 amide bonds. The van der Waals surface area contributed by atoms with Gasteiger partial charge in [0.15, 0.2) is 5.11 Å². The lowest BCUT2D eigenvalue weighted by atomic mass is 10.1. The first kappa shape index (κ1) is 19.4. The summed E-state index contributed by atoms with van der Waals surface area (Å²) >= 11 is 11.7. The first-order valence-corrected chi connectivity index (χ1v) is 9.91. The molecule has 1 atom stereocenters. The molecular formula is C21H19ClN4O2S. The van der Waals surface area contributed by atoms with E-state index in [0.29, 0.717) is 22.4 Å². The predicted molar refractivity (Wildman–Crippen MR) is 118 cm³/mol. The highest BCUT2D eigenvalue weighted by molar-refractivity contribution is 7.80. The van der Waals surface area contributed by atoms with Gasteiger partial charge in [0.2, 0.25) is 5.91 Å². The summed E-state index contributed by atoms with van der Waals surface area (Å²) in [6.07, 6.45) is 1.84. The molecule has 0 saturated carbocycles. The van der Waals surface area contributed by atoms with Crippen molar-refractivity contribution in [1.29, 1.82) is 0 Å². The highest BCUT2D eigenvalue weighted by Gasteiger charge is 2.41. The Kier molecular flexibility index (Phi) is 5.25. The predicted octanol–water partition coefficient (Wildman–Crippen LogP) is 3.78. The number of halogens is 1. The van der Waals surface area contributed by atoms with Gasteiger partial charge >= 0.3 is 0 Å². The number of nitrogens with zero attached hydrogens (tertiary/aromatic N) is 2. The lowest BCUT2D eigenvalue weighted by Crippen LogP contribution is -2.37. The Morgan fingerprint density at radius 3 is 2.83 bits per heavy atom. The molecular weight excluding hydrogens is 408 g/mol. The summed E-state index contributed by atoms with van der Waals surface area (Å²) in [7, 11) is 1.63. The SMILES string of the molecule is CN1C(=O)C(CC(=O)Nc2ccc3cc[nH]c3c2)N(Cc2ccccc2Cl)C1=S. The summed E-state index contributed by atoms with van der Waals surface area (Å²) in [5.74, 6) is -0.450. The molecule has 3 aromatic rings. The average Bonchev–Trinajstić information content (AvgIpc) is 3.24. The Morgan fingerprint density at radius 2 is 2.03 bits per heavy atom. The molecule has 1 fully saturated rings. The number of likely N-dealkylation sites (N-methyl/N-ethyl adjacent to an activating group) is 1. The maximum Gasteiger partial charge on any atom is 0.251 e. The lowest BCUT2D eigenvalue weighted by Gasteiger charge is -2.24. The fourth-order valence-electron chi connectivity index (χ4n) is 3.48. The summed E-state index contributed by atoms with van der Waals surface area (Å²) < 4.78 is 0. The van der Waals surface area contributed by atoms with E-state index < -0.39 is 6.04 Å². The van der Waals surface area contributed by atoms with Crippen molar-refractivity contribution in [3.05, 3.63) is 65.3 Å². The molecule has 1 aromatic heterocycles. The lowest BCUT2D eigenvalue weighted by molar-refractivity contribution is -0.130. The van der Waals surface area contributed by atoms with Crippen LogP contribution in [0.3, 0.4) is 0 Å². The van der Waals surface area contributed by atoms with E-state index in [9.17, 15) is 9.59 Å². The van der Waals surface area contributed by atoms with Gasteiger partial charge in [-0.3, -0.25) is 14.5 Å². The molecule has 1 saturated heterocycles. The zero-order valence-corrected chi connectivity index (χ0v) is 17.3. The van der Waals surface area contributed by atoms with Crippen molar-refractivity contribution in [3.8, 4) is 0 Å². The maximum absolute atomic E-state index is 12.7. The minimum absolute atomic E-state index is 0.00344. The van der Waals surface area contributed by atoms with Crippen LogP contribution in [0.15, 0.2) is 54.7 Å². The highest BCUT2D eigenvalue weighted by atomic mass is 35.5. The third kappa shape index (κ3) is 3.83. The van der Waals surface area contributed by atoms with Crippen LogP contribution in [0.2, 0.25) is 5.02 Å². The third-order valence-electron chi connectivity index (χ3n) is 5.04. The smallest absolute Gasteiger partial charge is 0.251 e. The molecule has 1 unspecified atom stereocenters. The number of nitrogens with one attached hydrogen (secondary N) is 2. The van der Waals surface area contributed by atoms with Gasteiger partial charge < -0.3 is 15.2 Å². The number of aromatic nitrogens is 1. The van der Waals surface area contributed by atoms with Gasteiger partial charge in [-0.05, 0) is 47.4 Å². The first-order chi connectivity index (χ1) is 13.9. The van der Waals surface area contributed by atoms with Crippen LogP contribution >= 0.6 is 23.8 Å². The molecule has 2 aromatic carbocycles. The number of aromatic amines is 1. The number of thiocarbonyl (C=S) groups is 1. The van der Waals surface area contributed by atoms with Gasteiger partial charge in [-0.2, -0.15) is 0 Å². The number of fused-ring (bicyclic) bond motifs is 1. The van der Waals surface area contributed by atoms with Gasteiger partial charge in [0, 0.05) is 36.0 Å². The van der Waals surface area contributed by atoms with Crippen molar-refractivity contribution >= 4 is 57.3 Å². The summed E-state index contributed by atoms with van der Waals surface area (Å²) in [5, 5.41) is 4.92. The Balaban J connectivity index is 1.51. The van der Waals surface area contributed by atoms with Crippen LogP contribution in [0.4, 0.5) is 5.69 Å². The molecule has 0 aliphatic carbocycles. The number of anilines is 1. The van der Waals surface area contributed by atoms with Crippen LogP contribution in [0.25, 0.3) is 10.9 Å². The topological polar surface area (TPSA) is 68.4 Å². The first-order valence-electron chi connectivity index (χ1n) is 9.12. The summed E-state index contributed by atoms with van der Waals surface area (Å²) in [4.78, 5) is 31.7. The van der Waals surface area contributed by atoms with Crippen molar-refractivity contribution in [1.82, 2.24) is 14.8 Å². The monoisotopic (exact) mass is 426 g/mol. The molecule has 0 spiro atoms. The molecule has 0 radical (unpaired) electrons. The normalized spacial score (nSPS) is 16.7. The highest BCUT2D eigenvalue weighted by Crippen LogP contribution is 2.26. The molecule has 1 aliphatic rings. The maximum atomic E-state index is 12.7. The molecule has 2 heterocycles.